The predicted molar refractivity (Wildman–Crippen MR) is 62.2 cm³/mol. The van der Waals surface area contributed by atoms with Crippen LogP contribution in [0.4, 0.5) is 4.39 Å². The molecule has 1 N–H and O–H groups in total. The van der Waals surface area contributed by atoms with Crippen LogP contribution in [0.15, 0.2) is 18.2 Å². The minimum Gasteiger partial charge on any atom is -0.488 e. The molecular formula is C13H15FN2O. The van der Waals surface area contributed by atoms with Crippen LogP contribution >= 0.6 is 0 Å². The Morgan fingerprint density at radius 3 is 3.00 bits per heavy atom. The molecule has 1 unspecified atom stereocenters. The van der Waals surface area contributed by atoms with Crippen LogP contribution in [0.3, 0.4) is 0 Å². The number of nitriles is 1. The zero-order valence-electron chi connectivity index (χ0n) is 9.74. The summed E-state index contributed by atoms with van der Waals surface area (Å²) in [5.74, 6) is -0.179. The largest absolute Gasteiger partial charge is 0.488 e. The van der Waals surface area contributed by atoms with Gasteiger partial charge in [0.2, 0.25) is 0 Å². The summed E-state index contributed by atoms with van der Waals surface area (Å²) in [6.07, 6.45) is 2.22. The normalized spacial score (nSPS) is 16.3. The van der Waals surface area contributed by atoms with Gasteiger partial charge in [-0.3, -0.25) is 5.32 Å². The van der Waals surface area contributed by atoms with Crippen molar-refractivity contribution in [3.05, 3.63) is 29.6 Å². The van der Waals surface area contributed by atoms with E-state index in [1.165, 1.54) is 6.07 Å². The number of nitrogens with zero attached hydrogens (tertiary/aromatic N) is 1. The summed E-state index contributed by atoms with van der Waals surface area (Å²) in [6, 6.07) is 6.88. The van der Waals surface area contributed by atoms with Crippen molar-refractivity contribution in [2.75, 3.05) is 6.61 Å². The maximum atomic E-state index is 13.4. The maximum Gasteiger partial charge on any atom is 0.165 e. The van der Waals surface area contributed by atoms with Gasteiger partial charge in [0.15, 0.2) is 11.6 Å². The summed E-state index contributed by atoms with van der Waals surface area (Å²) in [5.41, 5.74) is 0.935. The van der Waals surface area contributed by atoms with E-state index in [1.54, 1.807) is 12.1 Å². The average Bonchev–Trinajstić information content (AvgIpc) is 3.12. The molecule has 1 aliphatic carbocycles. The van der Waals surface area contributed by atoms with Gasteiger partial charge in [-0.1, -0.05) is 6.07 Å². The Labute approximate surface area is 100 Å². The Balaban J connectivity index is 1.91. The Morgan fingerprint density at radius 2 is 2.35 bits per heavy atom. The average molecular weight is 234 g/mol. The Morgan fingerprint density at radius 1 is 1.59 bits per heavy atom. The highest BCUT2D eigenvalue weighted by Crippen LogP contribution is 2.21. The van der Waals surface area contributed by atoms with Gasteiger partial charge in [-0.25, -0.2) is 4.39 Å². The number of rotatable bonds is 5. The highest BCUT2D eigenvalue weighted by atomic mass is 19.1. The van der Waals surface area contributed by atoms with E-state index in [4.69, 9.17) is 10.00 Å². The molecule has 17 heavy (non-hydrogen) atoms. The molecule has 1 aromatic rings. The van der Waals surface area contributed by atoms with E-state index >= 15 is 0 Å². The zero-order valence-corrected chi connectivity index (χ0v) is 9.74. The molecule has 1 fully saturated rings. The van der Waals surface area contributed by atoms with Crippen molar-refractivity contribution >= 4 is 0 Å². The second-order valence-electron chi connectivity index (χ2n) is 4.37. The van der Waals surface area contributed by atoms with E-state index in [0.717, 1.165) is 18.4 Å². The van der Waals surface area contributed by atoms with Crippen LogP contribution in [0.25, 0.3) is 0 Å². The number of halogens is 1. The number of hydrogen-bond donors (Lipinski definition) is 1. The van der Waals surface area contributed by atoms with E-state index < -0.39 is 5.82 Å². The number of nitrogens with one attached hydrogen (secondary N) is 1. The fourth-order valence-corrected chi connectivity index (χ4v) is 1.55. The van der Waals surface area contributed by atoms with Gasteiger partial charge in [-0.15, -0.1) is 0 Å². The third-order valence-electron chi connectivity index (χ3n) is 2.66. The van der Waals surface area contributed by atoms with Crippen LogP contribution in [0.1, 0.15) is 18.4 Å². The van der Waals surface area contributed by atoms with Gasteiger partial charge < -0.3 is 4.74 Å². The standard InChI is InChI=1S/C13H15FN2O/c1-9-2-5-12(14)13(6-9)17-8-11(7-15)16-10-3-4-10/h2,5-6,10-11,16H,3-4,8H2,1H3. The van der Waals surface area contributed by atoms with E-state index in [0.29, 0.717) is 6.04 Å². The van der Waals surface area contributed by atoms with Crippen LogP contribution in [-0.2, 0) is 0 Å². The molecule has 0 aromatic heterocycles. The molecule has 3 nitrogen and oxygen atoms in total. The minimum atomic E-state index is -0.390. The van der Waals surface area contributed by atoms with Crippen molar-refractivity contribution in [1.82, 2.24) is 5.32 Å². The van der Waals surface area contributed by atoms with Gasteiger partial charge in [-0.2, -0.15) is 5.26 Å². The quantitative estimate of drug-likeness (QED) is 0.849. The van der Waals surface area contributed by atoms with Crippen LogP contribution in [0.5, 0.6) is 5.75 Å². The van der Waals surface area contributed by atoms with E-state index in [2.05, 4.69) is 11.4 Å². The fraction of sp³-hybridized carbons (Fsp3) is 0.462. The van der Waals surface area contributed by atoms with Crippen molar-refractivity contribution in [2.45, 2.75) is 31.8 Å². The maximum absolute atomic E-state index is 13.4. The molecular weight excluding hydrogens is 219 g/mol. The molecule has 1 aliphatic rings. The first kappa shape index (κ1) is 11.9. The van der Waals surface area contributed by atoms with Crippen LogP contribution in [0.2, 0.25) is 0 Å². The lowest BCUT2D eigenvalue weighted by atomic mass is 10.2. The molecule has 0 spiro atoms. The first-order valence-corrected chi connectivity index (χ1v) is 5.73. The smallest absolute Gasteiger partial charge is 0.165 e. The molecule has 0 radical (unpaired) electrons. The van der Waals surface area contributed by atoms with Crippen LogP contribution in [0, 0.1) is 24.1 Å². The minimum absolute atomic E-state index is 0.174. The van der Waals surface area contributed by atoms with Crippen LogP contribution < -0.4 is 10.1 Å². The Bertz CT molecular complexity index is 438. The molecule has 0 aliphatic heterocycles. The summed E-state index contributed by atoms with van der Waals surface area (Å²) in [6.45, 7) is 2.05. The molecule has 2 rings (SSSR count). The van der Waals surface area contributed by atoms with Gasteiger partial charge in [-0.05, 0) is 37.5 Å². The number of ether oxygens (including phenoxy) is 1. The highest BCUT2D eigenvalue weighted by molar-refractivity contribution is 5.29. The van der Waals surface area contributed by atoms with Gasteiger partial charge >= 0.3 is 0 Å². The van der Waals surface area contributed by atoms with Crippen LogP contribution in [-0.4, -0.2) is 18.7 Å². The van der Waals surface area contributed by atoms with E-state index in [1.807, 2.05) is 6.92 Å². The Kier molecular flexibility index (Phi) is 3.60. The SMILES string of the molecule is Cc1ccc(F)c(OCC(C#N)NC2CC2)c1. The van der Waals surface area contributed by atoms with Crippen molar-refractivity contribution in [3.8, 4) is 11.8 Å². The summed E-state index contributed by atoms with van der Waals surface area (Å²) in [5, 5.41) is 12.1. The third-order valence-corrected chi connectivity index (χ3v) is 2.66. The van der Waals surface area contributed by atoms with E-state index in [-0.39, 0.29) is 18.4 Å². The molecule has 0 heterocycles. The highest BCUT2D eigenvalue weighted by Gasteiger charge is 2.24. The van der Waals surface area contributed by atoms with Crippen molar-refractivity contribution in [3.63, 3.8) is 0 Å². The fourth-order valence-electron chi connectivity index (χ4n) is 1.55. The molecule has 1 aromatic carbocycles. The van der Waals surface area contributed by atoms with E-state index in [9.17, 15) is 4.39 Å². The van der Waals surface area contributed by atoms with Crippen molar-refractivity contribution in [2.24, 2.45) is 0 Å². The molecule has 0 amide bonds. The second-order valence-corrected chi connectivity index (χ2v) is 4.37. The monoisotopic (exact) mass is 234 g/mol. The Hall–Kier alpha value is -1.60. The van der Waals surface area contributed by atoms with Crippen molar-refractivity contribution in [1.29, 1.82) is 5.26 Å². The molecule has 4 heteroatoms. The molecule has 90 valence electrons. The van der Waals surface area contributed by atoms with Gasteiger partial charge in [0.1, 0.15) is 12.6 Å². The zero-order chi connectivity index (χ0) is 12.3. The van der Waals surface area contributed by atoms with Gasteiger partial charge in [0.05, 0.1) is 6.07 Å². The van der Waals surface area contributed by atoms with Crippen molar-refractivity contribution < 1.29 is 9.13 Å². The lowest BCUT2D eigenvalue weighted by Gasteiger charge is -2.13. The first-order valence-electron chi connectivity index (χ1n) is 5.73. The van der Waals surface area contributed by atoms with Gasteiger partial charge in [0, 0.05) is 6.04 Å². The topological polar surface area (TPSA) is 45.0 Å². The molecule has 0 saturated heterocycles. The molecule has 1 atom stereocenters. The first-order chi connectivity index (χ1) is 8.19. The summed E-state index contributed by atoms with van der Waals surface area (Å²) >= 11 is 0. The predicted octanol–water partition coefficient (Wildman–Crippen LogP) is 2.16. The lowest BCUT2D eigenvalue weighted by Crippen LogP contribution is -2.34. The number of aryl methyl sites for hydroxylation is 1. The molecule has 1 saturated carbocycles. The number of hydrogen-bond acceptors (Lipinski definition) is 3. The third kappa shape index (κ3) is 3.43. The lowest BCUT2D eigenvalue weighted by molar-refractivity contribution is 0.275. The summed E-state index contributed by atoms with van der Waals surface area (Å²) in [7, 11) is 0. The molecule has 0 bridgehead atoms. The van der Waals surface area contributed by atoms with Gasteiger partial charge in [0.25, 0.3) is 0 Å². The summed E-state index contributed by atoms with van der Waals surface area (Å²) < 4.78 is 18.7. The summed E-state index contributed by atoms with van der Waals surface area (Å²) in [4.78, 5) is 0. The number of benzene rings is 1. The second kappa shape index (κ2) is 5.15.